The molecule has 3 amide bonds. The number of imide groups is 1. The van der Waals surface area contributed by atoms with E-state index in [1.165, 1.54) is 18.2 Å². The van der Waals surface area contributed by atoms with E-state index in [-0.39, 0.29) is 32.1 Å². The maximum atomic E-state index is 13.0. The molecule has 0 aromatic heterocycles. The lowest BCUT2D eigenvalue weighted by molar-refractivity contribution is -0.862. The topological polar surface area (TPSA) is 80.2 Å². The van der Waals surface area contributed by atoms with E-state index in [1.807, 2.05) is 0 Å². The molecule has 0 spiro atoms. The van der Waals surface area contributed by atoms with Crippen LogP contribution in [0.1, 0.15) is 0 Å². The minimum Gasteiger partial charge on any atom is -0.447 e. The number of rotatable bonds is 5. The second-order valence-corrected chi connectivity index (χ2v) is 5.03. The number of nitrogens with one attached hydrogen (secondary N) is 2. The van der Waals surface area contributed by atoms with E-state index in [0.29, 0.717) is 10.6 Å². The highest BCUT2D eigenvalue weighted by atomic mass is 19.1. The smallest absolute Gasteiger partial charge is 0.416 e. The SMILES string of the molecule is C[NH+](CC(=O)Nc1cccc(F)c1)CC(=O)N1CCOC1=O. The molecule has 1 aliphatic rings. The number of ether oxygens (including phenoxy) is 1. The van der Waals surface area contributed by atoms with Crippen molar-refractivity contribution in [1.82, 2.24) is 4.90 Å². The van der Waals surface area contributed by atoms with Gasteiger partial charge < -0.3 is 15.0 Å². The number of hydrogen-bond acceptors (Lipinski definition) is 4. The minimum atomic E-state index is -0.651. The predicted octanol–water partition coefficient (Wildman–Crippen LogP) is -0.742. The maximum absolute atomic E-state index is 13.0. The van der Waals surface area contributed by atoms with Crippen molar-refractivity contribution in [3.63, 3.8) is 0 Å². The molecule has 0 bridgehead atoms. The van der Waals surface area contributed by atoms with E-state index in [9.17, 15) is 18.8 Å². The predicted molar refractivity (Wildman–Crippen MR) is 74.7 cm³/mol. The van der Waals surface area contributed by atoms with Crippen LogP contribution >= 0.6 is 0 Å². The molecule has 1 aromatic carbocycles. The number of nitrogens with zero attached hydrogens (tertiary/aromatic N) is 1. The Labute approximate surface area is 126 Å². The molecule has 22 heavy (non-hydrogen) atoms. The number of amides is 3. The Morgan fingerprint density at radius 3 is 2.82 bits per heavy atom. The van der Waals surface area contributed by atoms with Crippen molar-refractivity contribution >= 4 is 23.6 Å². The molecular formula is C14H17FN3O4+. The van der Waals surface area contributed by atoms with Gasteiger partial charge in [0.1, 0.15) is 12.4 Å². The first-order valence-electron chi connectivity index (χ1n) is 6.79. The molecule has 118 valence electrons. The first kappa shape index (κ1) is 15.9. The third-order valence-electron chi connectivity index (χ3n) is 3.09. The van der Waals surface area contributed by atoms with Crippen molar-refractivity contribution in [2.24, 2.45) is 0 Å². The van der Waals surface area contributed by atoms with Gasteiger partial charge in [0.25, 0.3) is 11.8 Å². The monoisotopic (exact) mass is 310 g/mol. The highest BCUT2D eigenvalue weighted by Gasteiger charge is 2.30. The van der Waals surface area contributed by atoms with Gasteiger partial charge in [-0.15, -0.1) is 0 Å². The summed E-state index contributed by atoms with van der Waals surface area (Å²) in [5.74, 6) is -1.18. The number of benzene rings is 1. The summed E-state index contributed by atoms with van der Waals surface area (Å²) < 4.78 is 17.7. The van der Waals surface area contributed by atoms with Gasteiger partial charge in [0, 0.05) is 5.69 Å². The van der Waals surface area contributed by atoms with Gasteiger partial charge >= 0.3 is 6.09 Å². The lowest BCUT2D eigenvalue weighted by atomic mass is 10.3. The first-order chi connectivity index (χ1) is 10.5. The summed E-state index contributed by atoms with van der Waals surface area (Å²) in [4.78, 5) is 36.6. The summed E-state index contributed by atoms with van der Waals surface area (Å²) >= 11 is 0. The number of quaternary nitrogens is 1. The molecular weight excluding hydrogens is 293 g/mol. The number of halogens is 1. The zero-order valence-corrected chi connectivity index (χ0v) is 12.1. The molecule has 2 rings (SSSR count). The zero-order valence-electron chi connectivity index (χ0n) is 12.1. The number of carbonyl (C=O) groups excluding carboxylic acids is 3. The van der Waals surface area contributed by atoms with Crippen LogP contribution in [0.15, 0.2) is 24.3 Å². The molecule has 0 saturated carbocycles. The van der Waals surface area contributed by atoms with Crippen LogP contribution in [0, 0.1) is 5.82 Å². The zero-order chi connectivity index (χ0) is 16.1. The molecule has 1 aliphatic heterocycles. The van der Waals surface area contributed by atoms with Crippen LogP contribution in [0.3, 0.4) is 0 Å². The van der Waals surface area contributed by atoms with Gasteiger partial charge in [0.2, 0.25) is 0 Å². The van der Waals surface area contributed by atoms with E-state index in [4.69, 9.17) is 0 Å². The summed E-state index contributed by atoms with van der Waals surface area (Å²) in [5.41, 5.74) is 0.354. The molecule has 0 aliphatic carbocycles. The molecule has 8 heteroatoms. The number of carbonyl (C=O) groups is 3. The molecule has 1 atom stereocenters. The van der Waals surface area contributed by atoms with Gasteiger partial charge in [0.15, 0.2) is 13.1 Å². The van der Waals surface area contributed by atoms with Gasteiger partial charge in [-0.1, -0.05) is 6.07 Å². The summed E-state index contributed by atoms with van der Waals surface area (Å²) in [7, 11) is 1.66. The normalized spacial score (nSPS) is 15.4. The lowest BCUT2D eigenvalue weighted by Crippen LogP contribution is -3.11. The average molecular weight is 310 g/mol. The van der Waals surface area contributed by atoms with Crippen molar-refractivity contribution in [3.8, 4) is 0 Å². The number of hydrogen-bond donors (Lipinski definition) is 2. The Bertz CT molecular complexity index is 593. The van der Waals surface area contributed by atoms with E-state index in [1.54, 1.807) is 13.1 Å². The average Bonchev–Trinajstić information content (AvgIpc) is 2.84. The highest BCUT2D eigenvalue weighted by molar-refractivity contribution is 5.94. The van der Waals surface area contributed by atoms with Crippen LogP contribution in [-0.4, -0.2) is 56.1 Å². The first-order valence-corrected chi connectivity index (χ1v) is 6.79. The lowest BCUT2D eigenvalue weighted by Gasteiger charge is -2.16. The molecule has 1 unspecified atom stereocenters. The maximum Gasteiger partial charge on any atom is 0.416 e. The Morgan fingerprint density at radius 2 is 2.18 bits per heavy atom. The van der Waals surface area contributed by atoms with Crippen LogP contribution in [0.4, 0.5) is 14.9 Å². The Hall–Kier alpha value is -2.48. The van der Waals surface area contributed by atoms with Gasteiger partial charge in [-0.2, -0.15) is 0 Å². The molecule has 1 saturated heterocycles. The fourth-order valence-electron chi connectivity index (χ4n) is 2.08. The van der Waals surface area contributed by atoms with Gasteiger partial charge in [-0.3, -0.25) is 9.59 Å². The largest absolute Gasteiger partial charge is 0.447 e. The number of likely N-dealkylation sites (N-methyl/N-ethyl adjacent to an activating group) is 1. The quantitative estimate of drug-likeness (QED) is 0.750. The third-order valence-corrected chi connectivity index (χ3v) is 3.09. The molecule has 2 N–H and O–H groups in total. The van der Waals surface area contributed by atoms with Crippen molar-refractivity contribution < 1.29 is 28.4 Å². The second-order valence-electron chi connectivity index (χ2n) is 5.03. The van der Waals surface area contributed by atoms with Crippen molar-refractivity contribution in [3.05, 3.63) is 30.1 Å². The molecule has 7 nitrogen and oxygen atoms in total. The highest BCUT2D eigenvalue weighted by Crippen LogP contribution is 2.08. The second kappa shape index (κ2) is 6.99. The Morgan fingerprint density at radius 1 is 1.41 bits per heavy atom. The van der Waals surface area contributed by atoms with Crippen LogP contribution in [-0.2, 0) is 14.3 Å². The summed E-state index contributed by atoms with van der Waals surface area (Å²) in [6.45, 7) is 0.445. The van der Waals surface area contributed by atoms with Crippen LogP contribution in [0.2, 0.25) is 0 Å². The molecule has 1 heterocycles. The van der Waals surface area contributed by atoms with Gasteiger partial charge in [-0.05, 0) is 18.2 Å². The van der Waals surface area contributed by atoms with E-state index >= 15 is 0 Å². The van der Waals surface area contributed by atoms with E-state index < -0.39 is 17.8 Å². The van der Waals surface area contributed by atoms with Crippen LogP contribution in [0.25, 0.3) is 0 Å². The molecule has 1 aromatic rings. The minimum absolute atomic E-state index is 0.00826. The third kappa shape index (κ3) is 4.26. The standard InChI is InChI=1S/C14H16FN3O4/c1-17(9-13(20)18-5-6-22-14(18)21)8-12(19)16-11-4-2-3-10(15)7-11/h2-4,7H,5-6,8-9H2,1H3,(H,16,19)/p+1. The Balaban J connectivity index is 1.81. The van der Waals surface area contributed by atoms with Crippen molar-refractivity contribution in [2.45, 2.75) is 0 Å². The van der Waals surface area contributed by atoms with E-state index in [2.05, 4.69) is 10.1 Å². The van der Waals surface area contributed by atoms with Gasteiger partial charge in [-0.25, -0.2) is 14.1 Å². The van der Waals surface area contributed by atoms with Crippen LogP contribution in [0.5, 0.6) is 0 Å². The number of anilines is 1. The number of cyclic esters (lactones) is 1. The fraction of sp³-hybridized carbons (Fsp3) is 0.357. The Kier molecular flexibility index (Phi) is 5.05. The summed E-state index contributed by atoms with van der Waals surface area (Å²) in [6, 6.07) is 5.55. The summed E-state index contributed by atoms with van der Waals surface area (Å²) in [5, 5.41) is 2.55. The van der Waals surface area contributed by atoms with Crippen molar-refractivity contribution in [1.29, 1.82) is 0 Å². The van der Waals surface area contributed by atoms with Crippen molar-refractivity contribution in [2.75, 3.05) is 38.6 Å². The molecule has 1 fully saturated rings. The fourth-order valence-corrected chi connectivity index (χ4v) is 2.08. The van der Waals surface area contributed by atoms with Crippen LogP contribution < -0.4 is 10.2 Å². The van der Waals surface area contributed by atoms with E-state index in [0.717, 1.165) is 4.90 Å². The summed E-state index contributed by atoms with van der Waals surface area (Å²) in [6.07, 6.45) is -0.651. The molecule has 0 radical (unpaired) electrons. The van der Waals surface area contributed by atoms with Gasteiger partial charge in [0.05, 0.1) is 13.6 Å².